The molecular weight excluding hydrogens is 461 g/mol. The summed E-state index contributed by atoms with van der Waals surface area (Å²) in [6.07, 6.45) is -0.775. The molecule has 1 aromatic carbocycles. The van der Waals surface area contributed by atoms with Crippen LogP contribution in [-0.4, -0.2) is 68.9 Å². The standard InChI is InChI=1S/C25H27F3N4O3/c1-34-9-10-35-17-24-15-31(23(33)19-3-2-7-30-13-19)8-6-20(24)14-32(16-24)21-5-4-18(12-29)22(11-21)25(26,27)28/h2-5,7,11,13,20H,6,8-10,14-17H2,1H3/t20-,24+/m1/s1. The molecule has 7 nitrogen and oxygen atoms in total. The topological polar surface area (TPSA) is 78.7 Å². The summed E-state index contributed by atoms with van der Waals surface area (Å²) in [6.45, 7) is 3.13. The highest BCUT2D eigenvalue weighted by Crippen LogP contribution is 2.45. The van der Waals surface area contributed by atoms with Crippen LogP contribution in [0.15, 0.2) is 42.7 Å². The van der Waals surface area contributed by atoms with Crippen molar-refractivity contribution >= 4 is 11.6 Å². The Hall–Kier alpha value is -3.16. The second kappa shape index (κ2) is 10.2. The molecule has 4 rings (SSSR count). The number of methoxy groups -OCH3 is 1. The summed E-state index contributed by atoms with van der Waals surface area (Å²) in [4.78, 5) is 20.9. The number of alkyl halides is 3. The number of fused-ring (bicyclic) bond motifs is 1. The Morgan fingerprint density at radius 1 is 1.29 bits per heavy atom. The van der Waals surface area contributed by atoms with Crippen LogP contribution in [0.4, 0.5) is 18.9 Å². The van der Waals surface area contributed by atoms with Gasteiger partial charge in [-0.2, -0.15) is 18.4 Å². The Kier molecular flexibility index (Phi) is 7.28. The van der Waals surface area contributed by atoms with E-state index in [0.717, 1.165) is 6.07 Å². The van der Waals surface area contributed by atoms with Crippen LogP contribution in [0.2, 0.25) is 0 Å². The van der Waals surface area contributed by atoms with Gasteiger partial charge in [0.05, 0.1) is 42.6 Å². The normalized spacial score (nSPS) is 22.1. The summed E-state index contributed by atoms with van der Waals surface area (Å²) in [7, 11) is 1.58. The summed E-state index contributed by atoms with van der Waals surface area (Å²) in [5.74, 6) is 0.0111. The van der Waals surface area contributed by atoms with E-state index < -0.39 is 22.7 Å². The van der Waals surface area contributed by atoms with E-state index in [1.165, 1.54) is 12.3 Å². The molecule has 0 N–H and O–H groups in total. The molecule has 0 aliphatic carbocycles. The zero-order chi connectivity index (χ0) is 25.1. The van der Waals surface area contributed by atoms with Crippen LogP contribution in [0.1, 0.15) is 27.9 Å². The Labute approximate surface area is 202 Å². The molecule has 2 saturated heterocycles. The first kappa shape index (κ1) is 24.9. The SMILES string of the molecule is COCCOC[C@@]12CN(C(=O)c3cccnc3)CC[C@@H]1CN(c1ccc(C#N)c(C(F)(F)F)c1)C2. The van der Waals surface area contributed by atoms with Crippen molar-refractivity contribution in [3.8, 4) is 6.07 Å². The highest BCUT2D eigenvalue weighted by Gasteiger charge is 2.51. The number of amides is 1. The van der Waals surface area contributed by atoms with Crippen molar-refractivity contribution in [3.63, 3.8) is 0 Å². The Morgan fingerprint density at radius 2 is 2.11 bits per heavy atom. The van der Waals surface area contributed by atoms with Crippen LogP contribution in [0, 0.1) is 22.7 Å². The van der Waals surface area contributed by atoms with Crippen molar-refractivity contribution in [2.45, 2.75) is 12.6 Å². The van der Waals surface area contributed by atoms with E-state index in [-0.39, 0.29) is 11.8 Å². The lowest BCUT2D eigenvalue weighted by molar-refractivity contribution is -0.137. The van der Waals surface area contributed by atoms with E-state index in [9.17, 15) is 18.0 Å². The van der Waals surface area contributed by atoms with Gasteiger partial charge in [0.15, 0.2) is 0 Å². The number of nitrogens with zero attached hydrogens (tertiary/aromatic N) is 4. The van der Waals surface area contributed by atoms with Gasteiger partial charge < -0.3 is 19.3 Å². The number of carbonyl (C=O) groups is 1. The molecule has 2 atom stereocenters. The van der Waals surface area contributed by atoms with Crippen molar-refractivity contribution in [1.29, 1.82) is 5.26 Å². The lowest BCUT2D eigenvalue weighted by atomic mass is 9.73. The molecule has 10 heteroatoms. The van der Waals surface area contributed by atoms with Crippen molar-refractivity contribution in [2.75, 3.05) is 58.0 Å². The Morgan fingerprint density at radius 3 is 2.80 bits per heavy atom. The van der Waals surface area contributed by atoms with Crippen LogP contribution >= 0.6 is 0 Å². The smallest absolute Gasteiger partial charge is 0.382 e. The summed E-state index contributed by atoms with van der Waals surface area (Å²) >= 11 is 0. The quantitative estimate of drug-likeness (QED) is 0.555. The first-order chi connectivity index (χ1) is 16.8. The number of hydrogen-bond acceptors (Lipinski definition) is 6. The third kappa shape index (κ3) is 5.26. The largest absolute Gasteiger partial charge is 0.417 e. The molecule has 0 unspecified atom stereocenters. The van der Waals surface area contributed by atoms with Gasteiger partial charge in [-0.05, 0) is 42.7 Å². The molecular formula is C25H27F3N4O3. The molecule has 0 radical (unpaired) electrons. The van der Waals surface area contributed by atoms with Gasteiger partial charge in [0.2, 0.25) is 0 Å². The van der Waals surface area contributed by atoms with E-state index >= 15 is 0 Å². The van der Waals surface area contributed by atoms with Crippen LogP contribution in [0.3, 0.4) is 0 Å². The van der Waals surface area contributed by atoms with Crippen molar-refractivity contribution in [1.82, 2.24) is 9.88 Å². The molecule has 1 aromatic heterocycles. The van der Waals surface area contributed by atoms with Gasteiger partial charge in [0.25, 0.3) is 5.91 Å². The van der Waals surface area contributed by atoms with Crippen molar-refractivity contribution in [2.24, 2.45) is 11.3 Å². The minimum absolute atomic E-state index is 0.121. The van der Waals surface area contributed by atoms with E-state index in [1.54, 1.807) is 42.5 Å². The van der Waals surface area contributed by atoms with Gasteiger partial charge >= 0.3 is 6.18 Å². The molecule has 186 valence electrons. The molecule has 0 spiro atoms. The maximum absolute atomic E-state index is 13.6. The molecule has 2 fully saturated rings. The second-order valence-corrected chi connectivity index (χ2v) is 9.08. The number of hydrogen-bond donors (Lipinski definition) is 0. The number of piperidine rings is 1. The third-order valence-corrected chi connectivity index (χ3v) is 6.88. The molecule has 0 bridgehead atoms. The number of benzene rings is 1. The number of ether oxygens (including phenoxy) is 2. The molecule has 2 aliphatic heterocycles. The van der Waals surface area contributed by atoms with Crippen LogP contribution in [-0.2, 0) is 15.7 Å². The third-order valence-electron chi connectivity index (χ3n) is 6.88. The first-order valence-corrected chi connectivity index (χ1v) is 11.4. The van der Waals surface area contributed by atoms with Gasteiger partial charge in [-0.25, -0.2) is 0 Å². The lowest BCUT2D eigenvalue weighted by Crippen LogP contribution is -2.53. The zero-order valence-electron chi connectivity index (χ0n) is 19.4. The van der Waals surface area contributed by atoms with Crippen LogP contribution in [0.25, 0.3) is 0 Å². The first-order valence-electron chi connectivity index (χ1n) is 11.4. The van der Waals surface area contributed by atoms with E-state index in [4.69, 9.17) is 14.7 Å². The summed E-state index contributed by atoms with van der Waals surface area (Å²) in [5.41, 5.74) is -0.879. The average Bonchev–Trinajstić information content (AvgIpc) is 3.25. The summed E-state index contributed by atoms with van der Waals surface area (Å²) in [5, 5.41) is 9.13. The fraction of sp³-hybridized carbons (Fsp3) is 0.480. The molecule has 0 saturated carbocycles. The number of anilines is 1. The fourth-order valence-corrected chi connectivity index (χ4v) is 5.11. The van der Waals surface area contributed by atoms with Gasteiger partial charge in [-0.3, -0.25) is 9.78 Å². The molecule has 3 heterocycles. The summed E-state index contributed by atoms with van der Waals surface area (Å²) in [6, 6.07) is 8.90. The van der Waals surface area contributed by atoms with Gasteiger partial charge in [0, 0.05) is 56.8 Å². The number of rotatable bonds is 7. The van der Waals surface area contributed by atoms with Gasteiger partial charge in [-0.15, -0.1) is 0 Å². The second-order valence-electron chi connectivity index (χ2n) is 9.08. The number of aromatic nitrogens is 1. The van der Waals surface area contributed by atoms with E-state index in [2.05, 4.69) is 4.98 Å². The zero-order valence-corrected chi connectivity index (χ0v) is 19.4. The molecule has 2 aliphatic rings. The Balaban J connectivity index is 1.60. The minimum Gasteiger partial charge on any atom is -0.382 e. The number of likely N-dealkylation sites (tertiary alicyclic amines) is 1. The lowest BCUT2D eigenvalue weighted by Gasteiger charge is -2.43. The van der Waals surface area contributed by atoms with Crippen molar-refractivity contribution in [3.05, 3.63) is 59.4 Å². The highest BCUT2D eigenvalue weighted by molar-refractivity contribution is 5.94. The highest BCUT2D eigenvalue weighted by atomic mass is 19.4. The number of pyridine rings is 1. The van der Waals surface area contributed by atoms with Crippen molar-refractivity contribution < 1.29 is 27.4 Å². The van der Waals surface area contributed by atoms with Crippen LogP contribution in [0.5, 0.6) is 0 Å². The Bertz CT molecular complexity index is 1090. The fourth-order valence-electron chi connectivity index (χ4n) is 5.11. The minimum atomic E-state index is -4.62. The number of nitriles is 1. The number of carbonyl (C=O) groups excluding carboxylic acids is 1. The maximum Gasteiger partial charge on any atom is 0.417 e. The number of halogens is 3. The predicted octanol–water partition coefficient (Wildman–Crippen LogP) is 3.60. The average molecular weight is 489 g/mol. The maximum atomic E-state index is 13.6. The molecule has 1 amide bonds. The molecule has 2 aromatic rings. The molecule has 35 heavy (non-hydrogen) atoms. The summed E-state index contributed by atoms with van der Waals surface area (Å²) < 4.78 is 51.7. The predicted molar refractivity (Wildman–Crippen MR) is 122 cm³/mol. The van der Waals surface area contributed by atoms with Gasteiger partial charge in [-0.1, -0.05) is 0 Å². The van der Waals surface area contributed by atoms with E-state index in [1.807, 2.05) is 4.90 Å². The van der Waals surface area contributed by atoms with E-state index in [0.29, 0.717) is 63.7 Å². The van der Waals surface area contributed by atoms with Gasteiger partial charge in [0.1, 0.15) is 0 Å². The van der Waals surface area contributed by atoms with Crippen LogP contribution < -0.4 is 4.90 Å². The monoisotopic (exact) mass is 488 g/mol.